The van der Waals surface area contributed by atoms with Gasteiger partial charge in [0.2, 0.25) is 0 Å². The lowest BCUT2D eigenvalue weighted by molar-refractivity contribution is 0.282. The summed E-state index contributed by atoms with van der Waals surface area (Å²) >= 11 is 0. The minimum atomic E-state index is -2.00. The van der Waals surface area contributed by atoms with Crippen molar-refractivity contribution in [1.82, 2.24) is 4.23 Å². The Morgan fingerprint density at radius 2 is 0.955 bits per heavy atom. The SMILES string of the molecule is C[C@@]1(c2ccc(-c3ccccc3)cc2)C(C#N)=C(N([Si](C)(C)C)[Si](C)(C)C)C(C#N)[C@@]1(C)c1ccc(-c2ccccc2)cc1. The van der Waals surface area contributed by atoms with Crippen LogP contribution in [0.4, 0.5) is 0 Å². The second-order valence-electron chi connectivity index (χ2n) is 14.3. The fraction of sp³-hybridized carbons (Fsp3) is 0.282. The monoisotopic (exact) mass is 609 g/mol. The predicted molar refractivity (Wildman–Crippen MR) is 189 cm³/mol. The van der Waals surface area contributed by atoms with Crippen molar-refractivity contribution in [3.8, 4) is 34.4 Å². The van der Waals surface area contributed by atoms with Gasteiger partial charge in [-0.1, -0.05) is 155 Å². The summed E-state index contributed by atoms with van der Waals surface area (Å²) in [6.07, 6.45) is 0. The Kier molecular flexibility index (Phi) is 8.10. The first kappa shape index (κ1) is 31.3. The maximum absolute atomic E-state index is 11.1. The second-order valence-corrected chi connectivity index (χ2v) is 24.4. The molecule has 5 rings (SSSR count). The topological polar surface area (TPSA) is 50.8 Å². The lowest BCUT2D eigenvalue weighted by Crippen LogP contribution is -2.59. The summed E-state index contributed by atoms with van der Waals surface area (Å²) in [4.78, 5) is 0. The van der Waals surface area contributed by atoms with Gasteiger partial charge < -0.3 is 4.23 Å². The van der Waals surface area contributed by atoms with E-state index in [2.05, 4.69) is 167 Å². The van der Waals surface area contributed by atoms with E-state index in [1.807, 2.05) is 12.1 Å². The van der Waals surface area contributed by atoms with Crippen molar-refractivity contribution in [2.75, 3.05) is 0 Å². The fourth-order valence-corrected chi connectivity index (χ4v) is 17.7. The highest BCUT2D eigenvalue weighted by Crippen LogP contribution is 2.62. The molecule has 0 aliphatic heterocycles. The molecule has 1 aliphatic rings. The summed E-state index contributed by atoms with van der Waals surface area (Å²) < 4.78 is 2.60. The average molecular weight is 610 g/mol. The lowest BCUT2D eigenvalue weighted by Gasteiger charge is -2.49. The summed E-state index contributed by atoms with van der Waals surface area (Å²) in [7, 11) is -4.00. The van der Waals surface area contributed by atoms with Crippen LogP contribution >= 0.6 is 0 Å². The number of nitrogens with zero attached hydrogens (tertiary/aromatic N) is 3. The van der Waals surface area contributed by atoms with Crippen LogP contribution in [0.5, 0.6) is 0 Å². The molecule has 0 radical (unpaired) electrons. The van der Waals surface area contributed by atoms with Gasteiger partial charge in [0.25, 0.3) is 0 Å². The molecule has 0 bridgehead atoms. The van der Waals surface area contributed by atoms with Gasteiger partial charge in [-0.25, -0.2) is 0 Å². The molecular weight excluding hydrogens is 567 g/mol. The Labute approximate surface area is 266 Å². The molecule has 0 N–H and O–H groups in total. The van der Waals surface area contributed by atoms with Crippen LogP contribution < -0.4 is 0 Å². The zero-order valence-corrected chi connectivity index (χ0v) is 29.3. The minimum Gasteiger partial charge on any atom is -0.426 e. The molecule has 0 aromatic heterocycles. The van der Waals surface area contributed by atoms with E-state index >= 15 is 0 Å². The summed E-state index contributed by atoms with van der Waals surface area (Å²) in [6, 6.07) is 43.7. The van der Waals surface area contributed by atoms with E-state index in [1.165, 1.54) is 0 Å². The van der Waals surface area contributed by atoms with Crippen LogP contribution in [-0.2, 0) is 10.8 Å². The summed E-state index contributed by atoms with van der Waals surface area (Å²) in [5.41, 5.74) is 6.98. The molecule has 0 heterocycles. The average Bonchev–Trinajstić information content (AvgIpc) is 3.20. The third-order valence-electron chi connectivity index (χ3n) is 9.63. The van der Waals surface area contributed by atoms with Gasteiger partial charge in [0.15, 0.2) is 0 Å². The molecule has 4 aromatic rings. The van der Waals surface area contributed by atoms with Gasteiger partial charge in [-0.05, 0) is 40.3 Å². The molecule has 3 atom stereocenters. The summed E-state index contributed by atoms with van der Waals surface area (Å²) in [5.74, 6) is -0.489. The normalized spacial score (nSPS) is 21.9. The number of nitriles is 2. The zero-order valence-electron chi connectivity index (χ0n) is 27.3. The predicted octanol–water partition coefficient (Wildman–Crippen LogP) is 10.1. The number of hydrogen-bond acceptors (Lipinski definition) is 3. The van der Waals surface area contributed by atoms with E-state index < -0.39 is 33.2 Å². The lowest BCUT2D eigenvalue weighted by atomic mass is 9.56. The quantitative estimate of drug-likeness (QED) is 0.196. The fourth-order valence-electron chi connectivity index (χ4n) is 7.72. The number of allylic oxidation sites excluding steroid dienone is 2. The smallest absolute Gasteiger partial charge is 0.138 e. The Morgan fingerprint density at radius 1 is 0.568 bits per heavy atom. The van der Waals surface area contributed by atoms with Crippen LogP contribution in [0.1, 0.15) is 25.0 Å². The Bertz CT molecular complexity index is 1740. The van der Waals surface area contributed by atoms with Crippen LogP contribution in [0.3, 0.4) is 0 Å². The van der Waals surface area contributed by atoms with E-state index in [-0.39, 0.29) is 0 Å². The van der Waals surface area contributed by atoms with Gasteiger partial charge in [-0.15, -0.1) is 0 Å². The third-order valence-corrected chi connectivity index (χ3v) is 16.8. The standard InChI is InChI=1S/C39H43N3Si2/c1-38(33-23-19-31(20-24-33)29-15-11-9-12-16-29)35(27-40)37(42(43(3,4)5)44(6,7)8)36(28-41)39(38,2)34-25-21-32(22-26-34)30-17-13-10-14-18-30/h9-26,35H,1-8H3/t35?,38-,39-/m1/s1. The highest BCUT2D eigenvalue weighted by molar-refractivity contribution is 6.90. The second kappa shape index (κ2) is 11.4. The van der Waals surface area contributed by atoms with Crippen molar-refractivity contribution in [3.63, 3.8) is 0 Å². The first-order valence-corrected chi connectivity index (χ1v) is 22.3. The first-order chi connectivity index (χ1) is 20.8. The molecule has 0 spiro atoms. The van der Waals surface area contributed by atoms with Crippen molar-refractivity contribution in [3.05, 3.63) is 132 Å². The van der Waals surface area contributed by atoms with E-state index in [0.717, 1.165) is 44.7 Å². The van der Waals surface area contributed by atoms with Gasteiger partial charge in [0, 0.05) is 16.5 Å². The Morgan fingerprint density at radius 3 is 1.32 bits per heavy atom. The maximum Gasteiger partial charge on any atom is 0.138 e. The van der Waals surface area contributed by atoms with E-state index in [1.54, 1.807) is 0 Å². The molecule has 0 fully saturated rings. The molecule has 3 nitrogen and oxygen atoms in total. The zero-order chi connectivity index (χ0) is 31.9. The largest absolute Gasteiger partial charge is 0.426 e. The van der Waals surface area contributed by atoms with Crippen LogP contribution in [-0.4, -0.2) is 20.7 Å². The molecule has 0 saturated heterocycles. The maximum atomic E-state index is 11.1. The van der Waals surface area contributed by atoms with Gasteiger partial charge in [-0.3, -0.25) is 0 Å². The molecule has 44 heavy (non-hydrogen) atoms. The van der Waals surface area contributed by atoms with Gasteiger partial charge >= 0.3 is 0 Å². The van der Waals surface area contributed by atoms with Gasteiger partial charge in [-0.2, -0.15) is 10.5 Å². The number of rotatable bonds is 7. The third kappa shape index (κ3) is 5.05. The van der Waals surface area contributed by atoms with Crippen molar-refractivity contribution in [2.24, 2.45) is 5.92 Å². The van der Waals surface area contributed by atoms with Gasteiger partial charge in [0.05, 0.1) is 23.6 Å². The molecule has 4 aromatic carbocycles. The summed E-state index contributed by atoms with van der Waals surface area (Å²) in [6.45, 7) is 18.5. The number of hydrogen-bond donors (Lipinski definition) is 0. The van der Waals surface area contributed by atoms with Crippen LogP contribution in [0.15, 0.2) is 120 Å². The summed E-state index contributed by atoms with van der Waals surface area (Å²) in [5, 5.41) is 22.3. The molecule has 222 valence electrons. The van der Waals surface area contributed by atoms with E-state index in [0.29, 0.717) is 0 Å². The molecule has 1 unspecified atom stereocenters. The van der Waals surface area contributed by atoms with Gasteiger partial charge in [0.1, 0.15) is 16.5 Å². The minimum absolute atomic E-state index is 0.489. The van der Waals surface area contributed by atoms with Crippen LogP contribution in [0.25, 0.3) is 22.3 Å². The van der Waals surface area contributed by atoms with E-state index in [9.17, 15) is 10.5 Å². The van der Waals surface area contributed by atoms with Crippen molar-refractivity contribution in [1.29, 1.82) is 10.5 Å². The molecule has 1 aliphatic carbocycles. The number of benzene rings is 4. The Balaban J connectivity index is 1.79. The highest BCUT2D eigenvalue weighted by Gasteiger charge is 2.63. The molecule has 0 saturated carbocycles. The molecular formula is C39H43N3Si2. The van der Waals surface area contributed by atoms with Crippen LogP contribution in [0.2, 0.25) is 39.3 Å². The molecule has 0 amide bonds. The highest BCUT2D eigenvalue weighted by atomic mass is 28.4. The molecule has 5 heteroatoms. The first-order valence-electron chi connectivity index (χ1n) is 15.4. The van der Waals surface area contributed by atoms with Crippen molar-refractivity contribution < 1.29 is 0 Å². The van der Waals surface area contributed by atoms with Crippen molar-refractivity contribution >= 4 is 16.5 Å². The van der Waals surface area contributed by atoms with Crippen molar-refractivity contribution in [2.45, 2.75) is 64.0 Å². The van der Waals surface area contributed by atoms with Crippen LogP contribution in [0, 0.1) is 28.6 Å². The van der Waals surface area contributed by atoms with E-state index in [4.69, 9.17) is 0 Å². The Hall–Kier alpha value is -4.17.